The van der Waals surface area contributed by atoms with E-state index in [2.05, 4.69) is 41.2 Å². The van der Waals surface area contributed by atoms with E-state index in [0.717, 1.165) is 83.0 Å². The molecule has 1 unspecified atom stereocenters. The van der Waals surface area contributed by atoms with Crippen molar-refractivity contribution in [2.45, 2.75) is 127 Å². The van der Waals surface area contributed by atoms with Crippen molar-refractivity contribution >= 4 is 58.4 Å². The van der Waals surface area contributed by atoms with Crippen LogP contribution in [0.15, 0.2) is 36.8 Å². The second-order valence-electron chi connectivity index (χ2n) is 20.8. The lowest BCUT2D eigenvalue weighted by Crippen LogP contribution is -2.54. The lowest BCUT2D eigenvalue weighted by molar-refractivity contribution is -0.143. The van der Waals surface area contributed by atoms with Crippen molar-refractivity contribution in [2.75, 3.05) is 79.8 Å². The van der Waals surface area contributed by atoms with Crippen LogP contribution in [0, 0.1) is 23.6 Å². The van der Waals surface area contributed by atoms with Gasteiger partial charge in [0.15, 0.2) is 0 Å². The first-order valence-corrected chi connectivity index (χ1v) is 26.0. The van der Waals surface area contributed by atoms with Gasteiger partial charge in [-0.25, -0.2) is 14.2 Å². The molecular weight excluding hydrogens is 912 g/mol. The quantitative estimate of drug-likeness (QED) is 0.108. The monoisotopic (exact) mass is 983 g/mol. The van der Waals surface area contributed by atoms with Crippen molar-refractivity contribution in [3.8, 4) is 0 Å². The lowest BCUT2D eigenvalue weighted by Gasteiger charge is -2.43. The van der Waals surface area contributed by atoms with Crippen LogP contribution in [0.3, 0.4) is 0 Å². The maximum absolute atomic E-state index is 15.3. The number of aryl methyl sites for hydroxylation is 1. The molecule has 19 nitrogen and oxygen atoms in total. The van der Waals surface area contributed by atoms with Gasteiger partial charge in [-0.1, -0.05) is 0 Å². The number of nitrogens with one attached hydrogen (secondary N) is 4. The predicted octanol–water partition coefficient (Wildman–Crippen LogP) is 4.82. The average molecular weight is 983 g/mol. The van der Waals surface area contributed by atoms with E-state index in [9.17, 15) is 29.1 Å². The molecule has 9 rings (SSSR count). The fourth-order valence-electron chi connectivity index (χ4n) is 11.9. The van der Waals surface area contributed by atoms with Crippen LogP contribution in [0.25, 0.3) is 0 Å². The Morgan fingerprint density at radius 1 is 0.831 bits per heavy atom. The molecule has 2 saturated carbocycles. The Kier molecular flexibility index (Phi) is 15.7. The largest absolute Gasteiger partial charge is 0.462 e. The molecule has 4 saturated heterocycles. The fraction of sp³-hybridized carbons (Fsp3) is 0.647. The molecule has 2 aliphatic carbocycles. The molecule has 2 aromatic heterocycles. The number of carbonyl (C=O) groups excluding carboxylic acids is 5. The number of likely N-dealkylation sites (tertiary alicyclic amines) is 1. The van der Waals surface area contributed by atoms with Crippen LogP contribution < -0.4 is 26.2 Å². The van der Waals surface area contributed by atoms with Crippen molar-refractivity contribution in [2.24, 2.45) is 24.8 Å². The third-order valence-electron chi connectivity index (χ3n) is 16.0. The van der Waals surface area contributed by atoms with Gasteiger partial charge < -0.3 is 40.5 Å². The number of benzene rings is 1. The van der Waals surface area contributed by atoms with Crippen LogP contribution in [-0.4, -0.2) is 152 Å². The number of nitrogens with zero attached hydrogens (tertiary/aromatic N) is 8. The summed E-state index contributed by atoms with van der Waals surface area (Å²) in [7, 11) is 1.83. The maximum atomic E-state index is 15.3. The number of hydrogen-bond donors (Lipinski definition) is 5. The molecule has 1 aromatic carbocycles. The van der Waals surface area contributed by atoms with Gasteiger partial charge in [0.2, 0.25) is 29.6 Å². The SMILES string of the molecule is CCOC(=O)c1cnc(Nc2cnn(C)c2)nc1NC1CCC(N2CCN(C(=O)C3CCC(C(=O)N4CCC(CC5(O)CCN(c6ccc(NC7CCC(=O)NC7=O)cc6F)CC5)CC4)CC3)CC2)CC1. The highest BCUT2D eigenvalue weighted by atomic mass is 19.1. The Balaban J connectivity index is 0.660. The lowest BCUT2D eigenvalue weighted by atomic mass is 9.78. The smallest absolute Gasteiger partial charge is 0.343 e. The summed E-state index contributed by atoms with van der Waals surface area (Å²) >= 11 is 0. The van der Waals surface area contributed by atoms with Crippen LogP contribution >= 0.6 is 0 Å². The van der Waals surface area contributed by atoms with Crippen LogP contribution in [0.4, 0.5) is 33.2 Å². The number of halogens is 1. The Labute approximate surface area is 415 Å². The number of aromatic nitrogens is 4. The molecule has 20 heteroatoms. The fourth-order valence-corrected chi connectivity index (χ4v) is 11.9. The molecule has 0 radical (unpaired) electrons. The maximum Gasteiger partial charge on any atom is 0.343 e. The average Bonchev–Trinajstić information content (AvgIpc) is 3.79. The Bertz CT molecular complexity index is 2380. The summed E-state index contributed by atoms with van der Waals surface area (Å²) in [6.07, 6.45) is 15.8. The highest BCUT2D eigenvalue weighted by Crippen LogP contribution is 2.38. The van der Waals surface area contributed by atoms with E-state index < -0.39 is 29.3 Å². The molecular formula is C51H71FN12O7. The number of esters is 1. The number of rotatable bonds is 14. The van der Waals surface area contributed by atoms with Gasteiger partial charge in [0.1, 0.15) is 23.2 Å². The number of piperidine rings is 3. The zero-order valence-electron chi connectivity index (χ0n) is 41.3. The van der Waals surface area contributed by atoms with Gasteiger partial charge in [-0.05, 0) is 121 Å². The molecule has 6 fully saturated rings. The summed E-state index contributed by atoms with van der Waals surface area (Å²) in [4.78, 5) is 81.5. The summed E-state index contributed by atoms with van der Waals surface area (Å²) < 4.78 is 22.3. The number of piperazine rings is 1. The number of hydrogen-bond acceptors (Lipinski definition) is 15. The zero-order valence-corrected chi connectivity index (χ0v) is 41.3. The van der Waals surface area contributed by atoms with Gasteiger partial charge in [0.05, 0.1) is 29.8 Å². The predicted molar refractivity (Wildman–Crippen MR) is 264 cm³/mol. The number of anilines is 5. The minimum Gasteiger partial charge on any atom is -0.462 e. The third-order valence-corrected chi connectivity index (χ3v) is 16.0. The van der Waals surface area contributed by atoms with Gasteiger partial charge >= 0.3 is 5.97 Å². The first-order chi connectivity index (χ1) is 34.3. The van der Waals surface area contributed by atoms with E-state index in [4.69, 9.17) is 4.74 Å². The molecule has 0 spiro atoms. The molecule has 3 aromatic rings. The first kappa shape index (κ1) is 50.1. The Hall–Kier alpha value is -5.89. The highest BCUT2D eigenvalue weighted by Gasteiger charge is 2.40. The zero-order chi connectivity index (χ0) is 49.6. The van der Waals surface area contributed by atoms with E-state index in [-0.39, 0.29) is 48.6 Å². The van der Waals surface area contributed by atoms with Gasteiger partial charge in [-0.15, -0.1) is 0 Å². The normalized spacial score (nSPS) is 25.6. The van der Waals surface area contributed by atoms with Crippen molar-refractivity contribution in [3.05, 3.63) is 48.2 Å². The van der Waals surface area contributed by atoms with Crippen LogP contribution in [-0.2, 0) is 31.0 Å². The minimum atomic E-state index is -0.837. The van der Waals surface area contributed by atoms with Crippen molar-refractivity contribution in [1.82, 2.24) is 39.8 Å². The van der Waals surface area contributed by atoms with E-state index in [1.165, 1.54) is 12.3 Å². The second kappa shape index (κ2) is 22.3. The molecule has 5 N–H and O–H groups in total. The molecule has 6 aliphatic rings. The molecule has 71 heavy (non-hydrogen) atoms. The van der Waals surface area contributed by atoms with E-state index >= 15 is 4.39 Å². The highest BCUT2D eigenvalue weighted by molar-refractivity contribution is 6.01. The number of carbonyl (C=O) groups is 5. The van der Waals surface area contributed by atoms with Gasteiger partial charge in [-0.3, -0.25) is 34.1 Å². The van der Waals surface area contributed by atoms with Crippen LogP contribution in [0.2, 0.25) is 0 Å². The summed E-state index contributed by atoms with van der Waals surface area (Å²) in [6, 6.07) is 4.81. The van der Waals surface area contributed by atoms with Gasteiger partial charge in [0.25, 0.3) is 0 Å². The summed E-state index contributed by atoms with van der Waals surface area (Å²) in [5.74, 6) is -0.100. The summed E-state index contributed by atoms with van der Waals surface area (Å²) in [5, 5.41) is 27.8. The van der Waals surface area contributed by atoms with Crippen molar-refractivity contribution < 1.29 is 38.2 Å². The van der Waals surface area contributed by atoms with Gasteiger partial charge in [-0.2, -0.15) is 10.1 Å². The molecule has 1 atom stereocenters. The molecule has 0 bridgehead atoms. The first-order valence-electron chi connectivity index (χ1n) is 26.0. The van der Waals surface area contributed by atoms with Crippen LogP contribution in [0.1, 0.15) is 114 Å². The number of ether oxygens (including phenoxy) is 1. The number of amides is 4. The molecule has 4 amide bonds. The molecule has 384 valence electrons. The molecule has 4 aliphatic heterocycles. The van der Waals surface area contributed by atoms with Crippen LogP contribution in [0.5, 0.6) is 0 Å². The van der Waals surface area contributed by atoms with E-state index in [1.807, 2.05) is 27.9 Å². The third kappa shape index (κ3) is 12.2. The minimum absolute atomic E-state index is 0.0377. The Morgan fingerprint density at radius 3 is 2.13 bits per heavy atom. The Morgan fingerprint density at radius 2 is 1.51 bits per heavy atom. The van der Waals surface area contributed by atoms with Crippen molar-refractivity contribution in [3.63, 3.8) is 0 Å². The van der Waals surface area contributed by atoms with E-state index in [0.29, 0.717) is 106 Å². The standard InChI is InChI=1S/C51H71FN12O7/c1-3-71-49(69)40-31-53-50(57-38-30-54-60(2)32-38)59-45(40)56-36-8-11-39(12-9-36)61-24-26-64(27-25-61)48(68)35-6-4-34(5-7-35)47(67)63-20-16-33(17-21-63)29-51(70)18-22-62(23-19-51)43-14-10-37(28-41(43)52)55-42-13-15-44(65)58-46(42)66/h10,14,28,30-36,39,42,55,70H,3-9,11-13,15-27,29H2,1-2H3,(H,58,65,66)(H2,53,56,57,59). The number of imide groups is 1. The molecule has 6 heterocycles. The summed E-state index contributed by atoms with van der Waals surface area (Å²) in [5.41, 5.74) is 1.15. The van der Waals surface area contributed by atoms with Gasteiger partial charge in [0, 0.05) is 108 Å². The number of aliphatic hydroxyl groups is 1. The van der Waals surface area contributed by atoms with E-state index in [1.54, 1.807) is 29.9 Å². The topological polar surface area (TPSA) is 219 Å². The second-order valence-corrected chi connectivity index (χ2v) is 20.8. The summed E-state index contributed by atoms with van der Waals surface area (Å²) in [6.45, 7) is 7.57. The van der Waals surface area contributed by atoms with Crippen molar-refractivity contribution in [1.29, 1.82) is 0 Å².